The van der Waals surface area contributed by atoms with E-state index in [0.717, 1.165) is 50.5 Å². The van der Waals surface area contributed by atoms with Crippen molar-refractivity contribution in [2.24, 2.45) is 4.99 Å². The van der Waals surface area contributed by atoms with E-state index in [9.17, 15) is 4.39 Å². The molecule has 0 heterocycles. The van der Waals surface area contributed by atoms with Gasteiger partial charge in [-0.25, -0.2) is 4.39 Å². The van der Waals surface area contributed by atoms with Crippen LogP contribution < -0.4 is 10.6 Å². The van der Waals surface area contributed by atoms with Crippen molar-refractivity contribution in [3.05, 3.63) is 35.6 Å². The third kappa shape index (κ3) is 7.09. The predicted molar refractivity (Wildman–Crippen MR) is 112 cm³/mol. The Balaban J connectivity index is 0.00000312. The van der Waals surface area contributed by atoms with Crippen LogP contribution >= 0.6 is 24.0 Å². The lowest BCUT2D eigenvalue weighted by atomic mass is 9.95. The van der Waals surface area contributed by atoms with Gasteiger partial charge in [-0.3, -0.25) is 4.99 Å². The van der Waals surface area contributed by atoms with E-state index in [4.69, 9.17) is 4.74 Å². The van der Waals surface area contributed by atoms with E-state index in [2.05, 4.69) is 15.6 Å². The van der Waals surface area contributed by atoms with E-state index in [1.165, 1.54) is 6.07 Å². The molecule has 1 aromatic rings. The first-order chi connectivity index (χ1) is 11.6. The monoisotopic (exact) mass is 463 g/mol. The van der Waals surface area contributed by atoms with Crippen molar-refractivity contribution in [1.29, 1.82) is 0 Å². The zero-order valence-electron chi connectivity index (χ0n) is 15.5. The van der Waals surface area contributed by atoms with Gasteiger partial charge in [-0.05, 0) is 51.7 Å². The second kappa shape index (κ2) is 11.0. The highest BCUT2D eigenvalue weighted by atomic mass is 127. The van der Waals surface area contributed by atoms with Gasteiger partial charge in [-0.2, -0.15) is 0 Å². The van der Waals surface area contributed by atoms with Crippen LogP contribution in [0.15, 0.2) is 29.3 Å². The summed E-state index contributed by atoms with van der Waals surface area (Å²) >= 11 is 0. The Morgan fingerprint density at radius 3 is 2.60 bits per heavy atom. The van der Waals surface area contributed by atoms with Gasteiger partial charge in [0.05, 0.1) is 12.6 Å². The first-order valence-corrected chi connectivity index (χ1v) is 8.96. The number of nitrogens with one attached hydrogen (secondary N) is 2. The van der Waals surface area contributed by atoms with E-state index in [-0.39, 0.29) is 41.3 Å². The molecule has 0 amide bonds. The van der Waals surface area contributed by atoms with Gasteiger partial charge >= 0.3 is 0 Å². The van der Waals surface area contributed by atoms with Crippen molar-refractivity contribution in [2.45, 2.75) is 51.6 Å². The maximum absolute atomic E-state index is 14.1. The number of guanidine groups is 1. The quantitative estimate of drug-likeness (QED) is 0.253. The van der Waals surface area contributed by atoms with E-state index in [1.807, 2.05) is 32.9 Å². The van der Waals surface area contributed by atoms with Crippen LogP contribution in [0.1, 0.15) is 45.6 Å². The summed E-state index contributed by atoms with van der Waals surface area (Å²) in [5.74, 6) is 0.679. The number of aliphatic imine (C=N–C) groups is 1. The van der Waals surface area contributed by atoms with Crippen LogP contribution in [0.2, 0.25) is 0 Å². The van der Waals surface area contributed by atoms with Crippen molar-refractivity contribution >= 4 is 29.9 Å². The van der Waals surface area contributed by atoms with Gasteiger partial charge < -0.3 is 15.4 Å². The van der Waals surface area contributed by atoms with E-state index >= 15 is 0 Å². The molecule has 4 nitrogen and oxygen atoms in total. The smallest absolute Gasteiger partial charge is 0.191 e. The molecule has 0 bridgehead atoms. The number of rotatable bonds is 9. The van der Waals surface area contributed by atoms with Gasteiger partial charge in [-0.15, -0.1) is 24.0 Å². The van der Waals surface area contributed by atoms with Gasteiger partial charge in [0.25, 0.3) is 0 Å². The molecule has 0 radical (unpaired) electrons. The number of halogens is 2. The Morgan fingerprint density at radius 2 is 2.00 bits per heavy atom. The molecule has 2 N–H and O–H groups in total. The number of nitrogens with zero attached hydrogens (tertiary/aromatic N) is 1. The average Bonchev–Trinajstić information content (AvgIpc) is 3.33. The third-order valence-electron chi connectivity index (χ3n) is 4.25. The summed E-state index contributed by atoms with van der Waals surface area (Å²) < 4.78 is 19.6. The predicted octanol–water partition coefficient (Wildman–Crippen LogP) is 3.85. The lowest BCUT2D eigenvalue weighted by molar-refractivity contribution is 0.0776. The van der Waals surface area contributed by atoms with Crippen LogP contribution in [0, 0.1) is 5.82 Å². The summed E-state index contributed by atoms with van der Waals surface area (Å²) in [6.45, 7) is 9.09. The van der Waals surface area contributed by atoms with Crippen molar-refractivity contribution < 1.29 is 9.13 Å². The van der Waals surface area contributed by atoms with Gasteiger partial charge in [-0.1, -0.05) is 18.2 Å². The minimum atomic E-state index is -0.117. The Hall–Kier alpha value is -0.890. The fraction of sp³-hybridized carbons (Fsp3) is 0.632. The van der Waals surface area contributed by atoms with Crippen molar-refractivity contribution in [3.8, 4) is 0 Å². The minimum Gasteiger partial charge on any atom is -0.379 e. The molecule has 0 saturated heterocycles. The van der Waals surface area contributed by atoms with Crippen molar-refractivity contribution in [3.63, 3.8) is 0 Å². The van der Waals surface area contributed by atoms with Crippen LogP contribution in [0.4, 0.5) is 4.39 Å². The molecule has 0 aliphatic heterocycles. The molecular formula is C19H31FIN3O. The van der Waals surface area contributed by atoms with Gasteiger partial charge in [0.2, 0.25) is 0 Å². The summed E-state index contributed by atoms with van der Waals surface area (Å²) in [6.07, 6.45) is 3.20. The summed E-state index contributed by atoms with van der Waals surface area (Å²) in [6, 6.07) is 7.07. The van der Waals surface area contributed by atoms with E-state index in [1.54, 1.807) is 6.07 Å². The van der Waals surface area contributed by atoms with Crippen molar-refractivity contribution in [2.75, 3.05) is 26.2 Å². The number of benzene rings is 1. The van der Waals surface area contributed by atoms with E-state index in [0.29, 0.717) is 6.54 Å². The summed E-state index contributed by atoms with van der Waals surface area (Å²) in [4.78, 5) is 4.68. The van der Waals surface area contributed by atoms with Crippen LogP contribution in [-0.4, -0.2) is 38.3 Å². The standard InChI is InChI=1S/C19H30FN3O.HI/c1-4-21-18(22-12-7-13-24-15(2)3)23-14-19(10-11-19)16-8-5-6-9-17(16)20;/h5-6,8-9,15H,4,7,10-14H2,1-3H3,(H2,21,22,23);1H. The maximum atomic E-state index is 14.1. The molecule has 0 atom stereocenters. The molecule has 142 valence electrons. The molecule has 25 heavy (non-hydrogen) atoms. The fourth-order valence-corrected chi connectivity index (χ4v) is 2.72. The Bertz CT molecular complexity index is 547. The van der Waals surface area contributed by atoms with Crippen LogP contribution in [0.5, 0.6) is 0 Å². The fourth-order valence-electron chi connectivity index (χ4n) is 2.72. The molecule has 0 spiro atoms. The second-order valence-corrected chi connectivity index (χ2v) is 6.66. The highest BCUT2D eigenvalue weighted by Crippen LogP contribution is 2.49. The van der Waals surface area contributed by atoms with Crippen molar-refractivity contribution in [1.82, 2.24) is 10.6 Å². The van der Waals surface area contributed by atoms with E-state index < -0.39 is 0 Å². The molecule has 1 fully saturated rings. The van der Waals surface area contributed by atoms with Crippen LogP contribution in [-0.2, 0) is 10.2 Å². The Labute approximate surface area is 168 Å². The third-order valence-corrected chi connectivity index (χ3v) is 4.25. The number of hydrogen-bond acceptors (Lipinski definition) is 2. The van der Waals surface area contributed by atoms with Crippen LogP contribution in [0.3, 0.4) is 0 Å². The normalized spacial score (nSPS) is 15.6. The number of hydrogen-bond donors (Lipinski definition) is 2. The zero-order valence-corrected chi connectivity index (χ0v) is 17.8. The molecule has 1 aliphatic carbocycles. The maximum Gasteiger partial charge on any atom is 0.191 e. The molecule has 1 aromatic carbocycles. The highest BCUT2D eigenvalue weighted by molar-refractivity contribution is 14.0. The molecule has 0 aromatic heterocycles. The molecule has 2 rings (SSSR count). The summed E-state index contributed by atoms with van der Waals surface area (Å²) in [5, 5.41) is 6.58. The molecule has 0 unspecified atom stereocenters. The highest BCUT2D eigenvalue weighted by Gasteiger charge is 2.45. The Kier molecular flexibility index (Phi) is 9.71. The SMILES string of the molecule is CCNC(=NCC1(c2ccccc2F)CC1)NCCCOC(C)C.I. The van der Waals surface area contributed by atoms with Gasteiger partial charge in [0.1, 0.15) is 5.82 Å². The summed E-state index contributed by atoms with van der Waals surface area (Å²) in [5.41, 5.74) is 0.684. The van der Waals surface area contributed by atoms with Crippen LogP contribution in [0.25, 0.3) is 0 Å². The topological polar surface area (TPSA) is 45.7 Å². The molecular weight excluding hydrogens is 432 g/mol. The molecule has 1 aliphatic rings. The van der Waals surface area contributed by atoms with Gasteiger partial charge in [0, 0.05) is 25.1 Å². The first-order valence-electron chi connectivity index (χ1n) is 8.96. The zero-order chi connectivity index (χ0) is 17.4. The number of ether oxygens (including phenoxy) is 1. The molecule has 1 saturated carbocycles. The minimum absolute atomic E-state index is 0. The first kappa shape index (κ1) is 22.2. The average molecular weight is 463 g/mol. The van der Waals surface area contributed by atoms with Gasteiger partial charge in [0.15, 0.2) is 5.96 Å². The summed E-state index contributed by atoms with van der Waals surface area (Å²) in [7, 11) is 0. The second-order valence-electron chi connectivity index (χ2n) is 6.66. The largest absolute Gasteiger partial charge is 0.379 e. The molecule has 6 heteroatoms. The lowest BCUT2D eigenvalue weighted by Crippen LogP contribution is -2.38. The lowest BCUT2D eigenvalue weighted by Gasteiger charge is -2.16. The Morgan fingerprint density at radius 1 is 1.28 bits per heavy atom.